The van der Waals surface area contributed by atoms with Crippen molar-refractivity contribution in [2.75, 3.05) is 23.7 Å². The monoisotopic (exact) mass is 222 g/mol. The highest BCUT2D eigenvalue weighted by Gasteiger charge is 2.23. The van der Waals surface area contributed by atoms with Gasteiger partial charge >= 0.3 is 0 Å². The van der Waals surface area contributed by atoms with E-state index in [-0.39, 0.29) is 12.2 Å². The lowest BCUT2D eigenvalue weighted by Crippen LogP contribution is -2.46. The molecule has 1 saturated heterocycles. The maximum absolute atomic E-state index is 5.73. The second kappa shape index (κ2) is 4.25. The van der Waals surface area contributed by atoms with Crippen molar-refractivity contribution in [2.24, 2.45) is 0 Å². The predicted octanol–water partition coefficient (Wildman–Crippen LogP) is 0.981. The van der Waals surface area contributed by atoms with E-state index in [1.54, 1.807) is 0 Å². The van der Waals surface area contributed by atoms with Gasteiger partial charge in [0.1, 0.15) is 17.5 Å². The molecule has 1 fully saturated rings. The van der Waals surface area contributed by atoms with Gasteiger partial charge in [0.25, 0.3) is 0 Å². The van der Waals surface area contributed by atoms with Crippen LogP contribution in [0.4, 0.5) is 11.6 Å². The summed E-state index contributed by atoms with van der Waals surface area (Å²) in [5, 5.41) is 0. The van der Waals surface area contributed by atoms with Crippen LogP contribution in [-0.2, 0) is 4.74 Å². The number of hydrogen-bond acceptors (Lipinski definition) is 5. The minimum absolute atomic E-state index is 0.222. The molecular weight excluding hydrogens is 204 g/mol. The van der Waals surface area contributed by atoms with Crippen LogP contribution in [0.3, 0.4) is 0 Å². The van der Waals surface area contributed by atoms with Gasteiger partial charge in [0.05, 0.1) is 12.2 Å². The average molecular weight is 222 g/mol. The number of nitrogens with two attached hydrogens (primary N) is 1. The van der Waals surface area contributed by atoms with Crippen molar-refractivity contribution < 1.29 is 4.74 Å². The summed E-state index contributed by atoms with van der Waals surface area (Å²) in [5.74, 6) is 2.13. The van der Waals surface area contributed by atoms with E-state index in [0.29, 0.717) is 11.6 Å². The third kappa shape index (κ3) is 2.41. The van der Waals surface area contributed by atoms with E-state index >= 15 is 0 Å². The number of nitrogens with zero attached hydrogens (tertiary/aromatic N) is 3. The first-order valence-corrected chi connectivity index (χ1v) is 5.56. The van der Waals surface area contributed by atoms with Crippen molar-refractivity contribution in [3.63, 3.8) is 0 Å². The number of hydrogen-bond donors (Lipinski definition) is 1. The number of aromatic nitrogens is 2. The topological polar surface area (TPSA) is 64.3 Å². The number of rotatable bonds is 1. The Balaban J connectivity index is 2.22. The van der Waals surface area contributed by atoms with E-state index in [1.165, 1.54) is 0 Å². The molecule has 16 heavy (non-hydrogen) atoms. The van der Waals surface area contributed by atoms with Gasteiger partial charge in [-0.1, -0.05) is 0 Å². The van der Waals surface area contributed by atoms with Gasteiger partial charge in [0, 0.05) is 19.2 Å². The molecule has 5 nitrogen and oxygen atoms in total. The van der Waals surface area contributed by atoms with Gasteiger partial charge < -0.3 is 15.4 Å². The van der Waals surface area contributed by atoms with E-state index < -0.39 is 0 Å². The molecule has 0 aromatic carbocycles. The quantitative estimate of drug-likeness (QED) is 0.767. The zero-order valence-electron chi connectivity index (χ0n) is 9.97. The molecule has 1 aromatic rings. The van der Waals surface area contributed by atoms with Crippen LogP contribution in [0.1, 0.15) is 19.7 Å². The van der Waals surface area contributed by atoms with Gasteiger partial charge in [-0.25, -0.2) is 9.97 Å². The maximum Gasteiger partial charge on any atom is 0.134 e. The molecule has 5 heteroatoms. The maximum atomic E-state index is 5.73. The second-order valence-corrected chi connectivity index (χ2v) is 4.36. The van der Waals surface area contributed by atoms with Crippen LogP contribution < -0.4 is 10.6 Å². The highest BCUT2D eigenvalue weighted by Crippen LogP contribution is 2.19. The minimum Gasteiger partial charge on any atom is -0.384 e. The van der Waals surface area contributed by atoms with Crippen LogP contribution in [-0.4, -0.2) is 35.3 Å². The molecule has 88 valence electrons. The average Bonchev–Trinajstić information content (AvgIpc) is 2.14. The standard InChI is InChI=1S/C11H18N4O/c1-7-5-15(6-8(2)16-7)11-4-10(12)13-9(3)14-11/h4,7-8H,5-6H2,1-3H3,(H2,12,13,14)/t7-,8-/m1/s1. The summed E-state index contributed by atoms with van der Waals surface area (Å²) in [6, 6.07) is 1.82. The molecule has 2 atom stereocenters. The molecule has 0 aliphatic carbocycles. The molecule has 0 saturated carbocycles. The van der Waals surface area contributed by atoms with E-state index in [2.05, 4.69) is 28.7 Å². The van der Waals surface area contributed by atoms with E-state index in [1.807, 2.05) is 13.0 Å². The van der Waals surface area contributed by atoms with Crippen molar-refractivity contribution in [1.29, 1.82) is 0 Å². The molecular formula is C11H18N4O. The van der Waals surface area contributed by atoms with Gasteiger partial charge in [0.15, 0.2) is 0 Å². The molecule has 0 radical (unpaired) electrons. The highest BCUT2D eigenvalue weighted by atomic mass is 16.5. The first-order valence-electron chi connectivity index (χ1n) is 5.56. The Morgan fingerprint density at radius 3 is 2.50 bits per heavy atom. The lowest BCUT2D eigenvalue weighted by molar-refractivity contribution is -0.00547. The molecule has 2 heterocycles. The SMILES string of the molecule is Cc1nc(N)cc(N2C[C@@H](C)O[C@H](C)C2)n1. The minimum atomic E-state index is 0.222. The van der Waals surface area contributed by atoms with Crippen LogP contribution in [0.5, 0.6) is 0 Å². The van der Waals surface area contributed by atoms with Gasteiger partial charge in [-0.2, -0.15) is 0 Å². The molecule has 1 aliphatic heterocycles. The van der Waals surface area contributed by atoms with E-state index in [9.17, 15) is 0 Å². The summed E-state index contributed by atoms with van der Waals surface area (Å²) in [6.45, 7) is 7.69. The predicted molar refractivity (Wildman–Crippen MR) is 63.4 cm³/mol. The lowest BCUT2D eigenvalue weighted by atomic mass is 10.2. The summed E-state index contributed by atoms with van der Waals surface area (Å²) in [5.41, 5.74) is 5.73. The van der Waals surface area contributed by atoms with E-state index in [0.717, 1.165) is 18.9 Å². The van der Waals surface area contributed by atoms with Crippen LogP contribution >= 0.6 is 0 Å². The first kappa shape index (κ1) is 11.1. The largest absolute Gasteiger partial charge is 0.384 e. The molecule has 1 aromatic heterocycles. The van der Waals surface area contributed by atoms with Gasteiger partial charge in [-0.15, -0.1) is 0 Å². The van der Waals surface area contributed by atoms with Crippen molar-refractivity contribution in [3.8, 4) is 0 Å². The van der Waals surface area contributed by atoms with E-state index in [4.69, 9.17) is 10.5 Å². The fourth-order valence-electron chi connectivity index (χ4n) is 2.10. The van der Waals surface area contributed by atoms with Gasteiger partial charge in [-0.05, 0) is 20.8 Å². The Bertz CT molecular complexity index is 352. The summed E-state index contributed by atoms with van der Waals surface area (Å²) in [7, 11) is 0. The zero-order chi connectivity index (χ0) is 11.7. The van der Waals surface area contributed by atoms with Crippen molar-refractivity contribution in [2.45, 2.75) is 33.0 Å². The Morgan fingerprint density at radius 2 is 1.94 bits per heavy atom. The number of aryl methyl sites for hydroxylation is 1. The number of anilines is 2. The fraction of sp³-hybridized carbons (Fsp3) is 0.636. The summed E-state index contributed by atoms with van der Waals surface area (Å²) >= 11 is 0. The molecule has 0 amide bonds. The third-order valence-electron chi connectivity index (χ3n) is 2.59. The summed E-state index contributed by atoms with van der Waals surface area (Å²) in [4.78, 5) is 10.7. The molecule has 0 spiro atoms. The molecule has 1 aliphatic rings. The number of ether oxygens (including phenoxy) is 1. The molecule has 2 rings (SSSR count). The van der Waals surface area contributed by atoms with Crippen LogP contribution in [0.2, 0.25) is 0 Å². The van der Waals surface area contributed by atoms with Crippen LogP contribution in [0.25, 0.3) is 0 Å². The van der Waals surface area contributed by atoms with Crippen molar-refractivity contribution in [3.05, 3.63) is 11.9 Å². The normalized spacial score (nSPS) is 25.8. The zero-order valence-corrected chi connectivity index (χ0v) is 9.97. The molecule has 0 unspecified atom stereocenters. The summed E-state index contributed by atoms with van der Waals surface area (Å²) < 4.78 is 5.68. The summed E-state index contributed by atoms with van der Waals surface area (Å²) in [6.07, 6.45) is 0.445. The fourth-order valence-corrected chi connectivity index (χ4v) is 2.10. The second-order valence-electron chi connectivity index (χ2n) is 4.36. The third-order valence-corrected chi connectivity index (χ3v) is 2.59. The lowest BCUT2D eigenvalue weighted by Gasteiger charge is -2.36. The Labute approximate surface area is 95.6 Å². The molecule has 2 N–H and O–H groups in total. The Morgan fingerprint density at radius 1 is 1.31 bits per heavy atom. The Hall–Kier alpha value is -1.36. The smallest absolute Gasteiger partial charge is 0.134 e. The van der Waals surface area contributed by atoms with Crippen molar-refractivity contribution in [1.82, 2.24) is 9.97 Å². The van der Waals surface area contributed by atoms with Gasteiger partial charge in [0.2, 0.25) is 0 Å². The van der Waals surface area contributed by atoms with Gasteiger partial charge in [-0.3, -0.25) is 0 Å². The van der Waals surface area contributed by atoms with Crippen molar-refractivity contribution >= 4 is 11.6 Å². The number of nitrogen functional groups attached to an aromatic ring is 1. The van der Waals surface area contributed by atoms with Crippen LogP contribution in [0.15, 0.2) is 6.07 Å². The number of morpholine rings is 1. The molecule has 0 bridgehead atoms. The first-order chi connectivity index (χ1) is 7.54. The van der Waals surface area contributed by atoms with Crippen LogP contribution in [0, 0.1) is 6.92 Å². The highest BCUT2D eigenvalue weighted by molar-refractivity contribution is 5.47. The Kier molecular flexibility index (Phi) is 2.96.